The first kappa shape index (κ1) is 22.9. The Labute approximate surface area is 198 Å². The van der Waals surface area contributed by atoms with Gasteiger partial charge in [0.15, 0.2) is 23.2 Å². The van der Waals surface area contributed by atoms with Crippen molar-refractivity contribution < 1.29 is 13.9 Å². The van der Waals surface area contributed by atoms with Gasteiger partial charge >= 0.3 is 0 Å². The fourth-order valence-corrected chi connectivity index (χ4v) is 3.61. The van der Waals surface area contributed by atoms with E-state index < -0.39 is 0 Å². The highest BCUT2D eigenvalue weighted by Crippen LogP contribution is 2.33. The Morgan fingerprint density at radius 2 is 2.03 bits per heavy atom. The summed E-state index contributed by atoms with van der Waals surface area (Å²) in [4.78, 5) is 11.2. The van der Waals surface area contributed by atoms with Crippen LogP contribution in [0.2, 0.25) is 0 Å². The van der Waals surface area contributed by atoms with E-state index in [-0.39, 0.29) is 24.0 Å². The minimum absolute atomic E-state index is 0. The number of H-pyrrole nitrogens is 1. The molecule has 3 aromatic rings. The van der Waals surface area contributed by atoms with Crippen molar-refractivity contribution in [3.05, 3.63) is 47.5 Å². The third-order valence-electron chi connectivity index (χ3n) is 5.15. The summed E-state index contributed by atoms with van der Waals surface area (Å²) in [7, 11) is 5.12. The van der Waals surface area contributed by atoms with Gasteiger partial charge in [-0.25, -0.2) is 4.98 Å². The smallest absolute Gasteiger partial charge is 0.216 e. The third-order valence-corrected chi connectivity index (χ3v) is 5.15. The molecule has 1 aliphatic rings. The number of nitrogens with zero attached hydrogens (tertiary/aromatic N) is 4. The molecule has 3 heterocycles. The number of nitrogens with one attached hydrogen (secondary N) is 2. The van der Waals surface area contributed by atoms with Crippen LogP contribution in [-0.2, 0) is 19.4 Å². The number of furan rings is 1. The molecular formula is C21H27IN6O3. The maximum Gasteiger partial charge on any atom is 0.216 e. The van der Waals surface area contributed by atoms with E-state index in [1.54, 1.807) is 27.5 Å². The Balaban J connectivity index is 0.00000272. The van der Waals surface area contributed by atoms with Gasteiger partial charge in [0.2, 0.25) is 5.82 Å². The highest BCUT2D eigenvalue weighted by Gasteiger charge is 2.21. The van der Waals surface area contributed by atoms with Crippen LogP contribution in [0.1, 0.15) is 17.0 Å². The second kappa shape index (κ2) is 10.5. The summed E-state index contributed by atoms with van der Waals surface area (Å²) in [5.74, 6) is 4.40. The van der Waals surface area contributed by atoms with Crippen molar-refractivity contribution in [2.45, 2.75) is 19.4 Å². The molecule has 0 unspecified atom stereocenters. The lowest BCUT2D eigenvalue weighted by Crippen LogP contribution is -2.44. The number of aromatic nitrogens is 3. The number of methoxy groups -OCH3 is 2. The summed E-state index contributed by atoms with van der Waals surface area (Å²) in [6.07, 6.45) is 3.23. The zero-order valence-corrected chi connectivity index (χ0v) is 20.2. The van der Waals surface area contributed by atoms with E-state index in [9.17, 15) is 0 Å². The van der Waals surface area contributed by atoms with E-state index >= 15 is 0 Å². The number of benzene rings is 1. The van der Waals surface area contributed by atoms with Crippen LogP contribution in [-0.4, -0.2) is 60.4 Å². The maximum absolute atomic E-state index is 5.45. The molecule has 0 saturated heterocycles. The Kier molecular flexibility index (Phi) is 7.77. The van der Waals surface area contributed by atoms with Gasteiger partial charge < -0.3 is 24.1 Å². The van der Waals surface area contributed by atoms with E-state index in [0.717, 1.165) is 42.8 Å². The summed E-state index contributed by atoms with van der Waals surface area (Å²) in [6, 6.07) is 7.78. The molecule has 2 N–H and O–H groups in total. The van der Waals surface area contributed by atoms with Gasteiger partial charge in [0.05, 0.1) is 20.5 Å². The normalized spacial score (nSPS) is 13.4. The van der Waals surface area contributed by atoms with Crippen molar-refractivity contribution in [3.8, 4) is 23.1 Å². The second-order valence-electron chi connectivity index (χ2n) is 6.95. The molecule has 0 aliphatic carbocycles. The van der Waals surface area contributed by atoms with Crippen LogP contribution in [0.4, 0.5) is 0 Å². The quantitative estimate of drug-likeness (QED) is 0.283. The first-order chi connectivity index (χ1) is 14.7. The van der Waals surface area contributed by atoms with Crippen LogP contribution in [0, 0.1) is 0 Å². The topological polar surface area (TPSA) is 101 Å². The molecule has 0 amide bonds. The number of fused-ring (bicyclic) bond motifs is 1. The van der Waals surface area contributed by atoms with E-state index in [2.05, 4.69) is 42.5 Å². The molecule has 4 rings (SSSR count). The molecule has 1 aliphatic heterocycles. The minimum Gasteiger partial charge on any atom is -0.493 e. The average molecular weight is 538 g/mol. The van der Waals surface area contributed by atoms with Gasteiger partial charge in [-0.2, -0.15) is 5.10 Å². The Morgan fingerprint density at radius 1 is 1.26 bits per heavy atom. The van der Waals surface area contributed by atoms with Crippen molar-refractivity contribution in [3.63, 3.8) is 0 Å². The third kappa shape index (κ3) is 5.12. The minimum atomic E-state index is 0. The predicted octanol–water partition coefficient (Wildman–Crippen LogP) is 2.88. The van der Waals surface area contributed by atoms with E-state index in [1.165, 1.54) is 11.1 Å². The van der Waals surface area contributed by atoms with Gasteiger partial charge in [-0.1, -0.05) is 0 Å². The molecule has 0 fully saturated rings. The molecule has 0 spiro atoms. The zero-order chi connectivity index (χ0) is 20.9. The summed E-state index contributed by atoms with van der Waals surface area (Å²) in [5, 5.41) is 10.6. The van der Waals surface area contributed by atoms with Gasteiger partial charge in [0.25, 0.3) is 0 Å². The molecule has 9 nitrogen and oxygen atoms in total. The Hall–Kier alpha value is -2.76. The Bertz CT molecular complexity index is 1020. The number of aromatic amines is 1. The molecular weight excluding hydrogens is 511 g/mol. The van der Waals surface area contributed by atoms with Crippen LogP contribution in [0.25, 0.3) is 11.6 Å². The molecule has 2 aromatic heterocycles. The van der Waals surface area contributed by atoms with Crippen molar-refractivity contribution >= 4 is 29.9 Å². The van der Waals surface area contributed by atoms with Crippen molar-refractivity contribution in [1.29, 1.82) is 0 Å². The van der Waals surface area contributed by atoms with Gasteiger partial charge in [-0.05, 0) is 41.8 Å². The number of hydrogen-bond acceptors (Lipinski definition) is 6. The number of rotatable bonds is 6. The number of hydrogen-bond donors (Lipinski definition) is 2. The van der Waals surface area contributed by atoms with Gasteiger partial charge in [-0.15, -0.1) is 24.0 Å². The number of halogens is 1. The molecule has 31 heavy (non-hydrogen) atoms. The highest BCUT2D eigenvalue weighted by molar-refractivity contribution is 14.0. The van der Waals surface area contributed by atoms with E-state index in [4.69, 9.17) is 13.9 Å². The summed E-state index contributed by atoms with van der Waals surface area (Å²) in [5.41, 5.74) is 2.51. The van der Waals surface area contributed by atoms with Crippen LogP contribution in [0.5, 0.6) is 11.5 Å². The van der Waals surface area contributed by atoms with Crippen LogP contribution >= 0.6 is 24.0 Å². The molecule has 0 bridgehead atoms. The van der Waals surface area contributed by atoms with E-state index in [1.807, 2.05) is 12.1 Å². The number of guanidine groups is 1. The molecule has 10 heteroatoms. The Morgan fingerprint density at radius 3 is 2.71 bits per heavy atom. The number of ether oxygens (including phenoxy) is 2. The first-order valence-corrected chi connectivity index (χ1v) is 9.86. The van der Waals surface area contributed by atoms with Gasteiger partial charge in [-0.3, -0.25) is 10.1 Å². The predicted molar refractivity (Wildman–Crippen MR) is 128 cm³/mol. The van der Waals surface area contributed by atoms with E-state index in [0.29, 0.717) is 24.6 Å². The van der Waals surface area contributed by atoms with Crippen molar-refractivity contribution in [1.82, 2.24) is 25.4 Å². The molecule has 0 atom stereocenters. The summed E-state index contributed by atoms with van der Waals surface area (Å²) < 4.78 is 16.2. The van der Waals surface area contributed by atoms with Crippen molar-refractivity contribution in [2.24, 2.45) is 4.99 Å². The fourth-order valence-electron chi connectivity index (χ4n) is 3.61. The highest BCUT2D eigenvalue weighted by atomic mass is 127. The average Bonchev–Trinajstić information content (AvgIpc) is 3.47. The largest absolute Gasteiger partial charge is 0.493 e. The summed E-state index contributed by atoms with van der Waals surface area (Å²) in [6.45, 7) is 2.34. The summed E-state index contributed by atoms with van der Waals surface area (Å²) >= 11 is 0. The van der Waals surface area contributed by atoms with Crippen molar-refractivity contribution in [2.75, 3.05) is 34.4 Å². The maximum atomic E-state index is 5.45. The molecule has 166 valence electrons. The first-order valence-electron chi connectivity index (χ1n) is 9.86. The van der Waals surface area contributed by atoms with Crippen LogP contribution in [0.3, 0.4) is 0 Å². The van der Waals surface area contributed by atoms with Gasteiger partial charge in [0.1, 0.15) is 5.82 Å². The lowest BCUT2D eigenvalue weighted by molar-refractivity contribution is 0.346. The second-order valence-corrected chi connectivity index (χ2v) is 6.95. The van der Waals surface area contributed by atoms with Crippen LogP contribution < -0.4 is 14.8 Å². The lowest BCUT2D eigenvalue weighted by Gasteiger charge is -2.32. The zero-order valence-electron chi connectivity index (χ0n) is 17.8. The SMILES string of the molecule is CN=C(NCCc1nc(-c2ccco2)n[nH]1)N1CCc2cc(OC)c(OC)cc2C1.I. The monoisotopic (exact) mass is 538 g/mol. The van der Waals surface area contributed by atoms with Crippen LogP contribution in [0.15, 0.2) is 39.9 Å². The van der Waals surface area contributed by atoms with Gasteiger partial charge in [0, 0.05) is 33.1 Å². The standard InChI is InChI=1S/C21H26N6O3.HI/c1-22-21(23-8-6-19-24-20(26-25-19)16-5-4-10-30-16)27-9-7-14-11-17(28-2)18(29-3)12-15(14)13-27;/h4-5,10-12H,6-9,13H2,1-3H3,(H,22,23)(H,24,25,26);1H. The molecule has 1 aromatic carbocycles. The molecule has 0 saturated carbocycles. The fraction of sp³-hybridized carbons (Fsp3) is 0.381. The lowest BCUT2D eigenvalue weighted by atomic mass is 9.99. The molecule has 0 radical (unpaired) electrons. The number of aliphatic imine (C=N–C) groups is 1.